The lowest BCUT2D eigenvalue weighted by Crippen LogP contribution is -2.47. The van der Waals surface area contributed by atoms with Crippen LogP contribution in [0, 0.1) is 17.3 Å². The first-order chi connectivity index (χ1) is 19.3. The van der Waals surface area contributed by atoms with Gasteiger partial charge in [0.15, 0.2) is 0 Å². The van der Waals surface area contributed by atoms with E-state index in [1.807, 2.05) is 9.80 Å². The van der Waals surface area contributed by atoms with Gasteiger partial charge in [0, 0.05) is 88.6 Å². The maximum Gasteiger partial charge on any atom is 0.317 e. The number of nitroso groups, excluding NO2 is 1. The van der Waals surface area contributed by atoms with E-state index < -0.39 is 11.9 Å². The largest absolute Gasteiger partial charge is 0.480 e. The van der Waals surface area contributed by atoms with Gasteiger partial charge < -0.3 is 10.8 Å². The number of nitrogens with two attached hydrogens (primary N) is 1. The van der Waals surface area contributed by atoms with Crippen molar-refractivity contribution >= 4 is 29.2 Å². The molecule has 1 fully saturated rings. The van der Waals surface area contributed by atoms with Gasteiger partial charge in [0.2, 0.25) is 0 Å². The van der Waals surface area contributed by atoms with Gasteiger partial charge in [-0.2, -0.15) is 0 Å². The van der Waals surface area contributed by atoms with Gasteiger partial charge in [-0.3, -0.25) is 34.2 Å². The van der Waals surface area contributed by atoms with Crippen molar-refractivity contribution in [2.24, 2.45) is 15.9 Å². The number of carboxylic acid groups (broad SMARTS) is 1. The van der Waals surface area contributed by atoms with Gasteiger partial charge in [0.05, 0.1) is 35.9 Å². The van der Waals surface area contributed by atoms with E-state index in [9.17, 15) is 19.6 Å². The lowest BCUT2D eigenvalue weighted by molar-refractivity contribution is -0.138. The van der Waals surface area contributed by atoms with E-state index in [1.165, 1.54) is 0 Å². The number of hydrogen-bond acceptors (Lipinski definition) is 10. The topological polar surface area (TPSA) is 148 Å². The fourth-order valence-electron chi connectivity index (χ4n) is 4.73. The molecule has 3 heterocycles. The number of rotatable bonds is 9. The number of aromatic nitrogens is 1. The SMILES string of the molecule is C#CC1=NC(CN2CCN(CC(=O)O)CCN(Cc3cc(Cl)cc(CN)n3)CCN(CC(=O)N=O)CC2)=CCC1. The number of pyridine rings is 1. The number of amides is 1. The molecule has 0 bridgehead atoms. The third-order valence-corrected chi connectivity index (χ3v) is 7.05. The molecular formula is C27H37ClN8O4. The van der Waals surface area contributed by atoms with Crippen LogP contribution < -0.4 is 5.73 Å². The summed E-state index contributed by atoms with van der Waals surface area (Å²) in [7, 11) is 0. The third kappa shape index (κ3) is 10.8. The van der Waals surface area contributed by atoms with Crippen molar-refractivity contribution in [2.45, 2.75) is 25.9 Å². The number of aliphatic carboxylic acids is 1. The molecule has 0 atom stereocenters. The number of halogens is 1. The zero-order valence-electron chi connectivity index (χ0n) is 22.7. The molecular weight excluding hydrogens is 536 g/mol. The number of allylic oxidation sites excluding steroid dienone is 1. The Kier molecular flexibility index (Phi) is 12.8. The summed E-state index contributed by atoms with van der Waals surface area (Å²) in [5.74, 6) is 1.02. The fraction of sp³-hybridized carbons (Fsp3) is 0.556. The van der Waals surface area contributed by atoms with Gasteiger partial charge in [0.1, 0.15) is 0 Å². The molecule has 13 heteroatoms. The molecule has 40 heavy (non-hydrogen) atoms. The molecule has 0 radical (unpaired) electrons. The molecule has 0 unspecified atom stereocenters. The number of carbonyl (C=O) groups excluding carboxylic acids is 1. The summed E-state index contributed by atoms with van der Waals surface area (Å²) >= 11 is 6.27. The normalized spacial score (nSPS) is 19.0. The van der Waals surface area contributed by atoms with Crippen LogP contribution in [0.1, 0.15) is 24.2 Å². The van der Waals surface area contributed by atoms with Crippen LogP contribution in [0.5, 0.6) is 0 Å². The molecule has 1 amide bonds. The molecule has 12 nitrogen and oxygen atoms in total. The molecule has 2 aliphatic rings. The maximum atomic E-state index is 12.0. The Balaban J connectivity index is 1.79. The molecule has 0 saturated carbocycles. The van der Waals surface area contributed by atoms with Crippen molar-refractivity contribution < 1.29 is 14.7 Å². The molecule has 0 spiro atoms. The molecule has 3 rings (SSSR count). The molecule has 3 N–H and O–H groups in total. The zero-order chi connectivity index (χ0) is 28.9. The standard InChI is InChI=1S/C27H37ClN8O4/c1-2-22-4-3-5-23(30-22)17-33-6-10-35(19-26(37)32-40)11-7-34(9-13-36(12-8-33)20-27(38)39)18-25-15-21(28)14-24(16-29)31-25/h1,5,14-15H,3-4,6-13,16-20,29H2,(H,38,39). The van der Waals surface area contributed by atoms with Crippen molar-refractivity contribution in [1.29, 1.82) is 0 Å². The molecule has 1 saturated heterocycles. The van der Waals surface area contributed by atoms with E-state index in [0.29, 0.717) is 76.2 Å². The second-order valence-electron chi connectivity index (χ2n) is 9.89. The Hall–Kier alpha value is -3.05. The maximum absolute atomic E-state index is 12.0. The number of carboxylic acids is 1. The highest BCUT2D eigenvalue weighted by atomic mass is 35.5. The summed E-state index contributed by atoms with van der Waals surface area (Å²) in [5, 5.41) is 12.7. The average molecular weight is 573 g/mol. The first-order valence-electron chi connectivity index (χ1n) is 13.3. The van der Waals surface area contributed by atoms with E-state index in [4.69, 9.17) is 23.8 Å². The minimum absolute atomic E-state index is 0.0782. The van der Waals surface area contributed by atoms with Crippen LogP contribution in [0.25, 0.3) is 0 Å². The predicted octanol–water partition coefficient (Wildman–Crippen LogP) is 1.04. The second-order valence-corrected chi connectivity index (χ2v) is 10.3. The monoisotopic (exact) mass is 572 g/mol. The average Bonchev–Trinajstić information content (AvgIpc) is 2.93. The molecule has 1 aromatic rings. The predicted molar refractivity (Wildman–Crippen MR) is 154 cm³/mol. The van der Waals surface area contributed by atoms with Gasteiger partial charge in [-0.25, -0.2) is 4.99 Å². The van der Waals surface area contributed by atoms with Gasteiger partial charge in [0.25, 0.3) is 5.91 Å². The van der Waals surface area contributed by atoms with Gasteiger partial charge in [-0.1, -0.05) is 23.6 Å². The number of nitrogens with zero attached hydrogens (tertiary/aromatic N) is 7. The summed E-state index contributed by atoms with van der Waals surface area (Å²) in [6.07, 6.45) is 9.20. The first-order valence-corrected chi connectivity index (χ1v) is 13.7. The van der Waals surface area contributed by atoms with Crippen molar-refractivity contribution in [3.63, 3.8) is 0 Å². The van der Waals surface area contributed by atoms with E-state index >= 15 is 0 Å². The van der Waals surface area contributed by atoms with Crippen LogP contribution in [-0.2, 0) is 22.7 Å². The molecule has 0 aliphatic carbocycles. The van der Waals surface area contributed by atoms with Crippen LogP contribution in [0.4, 0.5) is 0 Å². The number of carbonyl (C=O) groups is 2. The summed E-state index contributed by atoms with van der Waals surface area (Å²) in [5.41, 5.74) is 8.80. The highest BCUT2D eigenvalue weighted by Gasteiger charge is 2.21. The quantitative estimate of drug-likeness (QED) is 0.325. The van der Waals surface area contributed by atoms with Crippen molar-refractivity contribution in [3.05, 3.63) is 45.2 Å². The Bertz CT molecular complexity index is 1150. The molecule has 216 valence electrons. The Morgan fingerprint density at radius 3 is 2.12 bits per heavy atom. The summed E-state index contributed by atoms with van der Waals surface area (Å²) in [6, 6.07) is 3.51. The van der Waals surface area contributed by atoms with E-state index in [-0.39, 0.29) is 19.6 Å². The molecule has 1 aromatic heterocycles. The smallest absolute Gasteiger partial charge is 0.317 e. The summed E-state index contributed by atoms with van der Waals surface area (Å²) < 4.78 is 0. The Morgan fingerprint density at radius 2 is 1.55 bits per heavy atom. The van der Waals surface area contributed by atoms with Crippen LogP contribution in [0.3, 0.4) is 0 Å². The van der Waals surface area contributed by atoms with Gasteiger partial charge in [-0.15, -0.1) is 11.3 Å². The minimum atomic E-state index is -0.890. The Labute approximate surface area is 239 Å². The number of aliphatic imine (C=N–C) groups is 1. The van der Waals surface area contributed by atoms with E-state index in [0.717, 1.165) is 29.9 Å². The molecule has 0 aromatic carbocycles. The van der Waals surface area contributed by atoms with Crippen molar-refractivity contribution in [1.82, 2.24) is 24.6 Å². The number of hydrogen-bond donors (Lipinski definition) is 2. The van der Waals surface area contributed by atoms with Crippen LogP contribution in [0.2, 0.25) is 5.02 Å². The van der Waals surface area contributed by atoms with Crippen molar-refractivity contribution in [3.8, 4) is 12.3 Å². The fourth-order valence-corrected chi connectivity index (χ4v) is 4.98. The van der Waals surface area contributed by atoms with Crippen LogP contribution in [-0.4, -0.2) is 119 Å². The third-order valence-electron chi connectivity index (χ3n) is 6.83. The lowest BCUT2D eigenvalue weighted by Gasteiger charge is -2.33. The second kappa shape index (κ2) is 16.3. The highest BCUT2D eigenvalue weighted by Crippen LogP contribution is 2.15. The Morgan fingerprint density at radius 1 is 0.975 bits per heavy atom. The molecule has 2 aliphatic heterocycles. The van der Waals surface area contributed by atoms with E-state index in [2.05, 4.69) is 36.9 Å². The van der Waals surface area contributed by atoms with Crippen LogP contribution >= 0.6 is 11.6 Å². The summed E-state index contributed by atoms with van der Waals surface area (Å²) in [6.45, 7) is 5.48. The minimum Gasteiger partial charge on any atom is -0.480 e. The van der Waals surface area contributed by atoms with Crippen LogP contribution in [0.15, 0.2) is 34.1 Å². The zero-order valence-corrected chi connectivity index (χ0v) is 23.4. The van der Waals surface area contributed by atoms with Gasteiger partial charge >= 0.3 is 5.97 Å². The first kappa shape index (κ1) is 31.5. The number of terminal acetylenes is 1. The van der Waals surface area contributed by atoms with Crippen molar-refractivity contribution in [2.75, 3.05) is 72.0 Å². The van der Waals surface area contributed by atoms with Gasteiger partial charge in [-0.05, 0) is 18.6 Å². The summed E-state index contributed by atoms with van der Waals surface area (Å²) in [4.78, 5) is 51.8. The van der Waals surface area contributed by atoms with E-state index in [1.54, 1.807) is 12.1 Å². The highest BCUT2D eigenvalue weighted by molar-refractivity contribution is 6.30. The lowest BCUT2D eigenvalue weighted by atomic mass is 10.1.